The molecular formula is C19H31NO6S. The van der Waals surface area contributed by atoms with E-state index in [1.54, 1.807) is 6.07 Å². The molecule has 1 aromatic carbocycles. The van der Waals surface area contributed by atoms with Crippen LogP contribution in [0.1, 0.15) is 59.4 Å². The number of hydrogen-bond donors (Lipinski definition) is 3. The van der Waals surface area contributed by atoms with Crippen LogP contribution in [0.3, 0.4) is 0 Å². The zero-order valence-corrected chi connectivity index (χ0v) is 17.7. The van der Waals surface area contributed by atoms with Gasteiger partial charge in [-0.1, -0.05) is 26.8 Å². The van der Waals surface area contributed by atoms with Gasteiger partial charge in [-0.25, -0.2) is 0 Å². The minimum absolute atomic E-state index is 0.0161. The number of hydrogen-bond acceptors (Lipinski definition) is 6. The standard InChI is InChI=1S/C19H31NO6S/c1-18(2,3)10-17(22)26-16-8-7-13(9-15(16)21)14(12-27(23,24)25)11-20-19(4,5)6/h7-9,14,20-21H,10-12H2,1-6H3,(H,23,24,25). The molecule has 27 heavy (non-hydrogen) atoms. The fourth-order valence-corrected chi connectivity index (χ4v) is 3.24. The van der Waals surface area contributed by atoms with Gasteiger partial charge in [-0.05, 0) is 43.9 Å². The number of rotatable bonds is 7. The largest absolute Gasteiger partial charge is 0.504 e. The van der Waals surface area contributed by atoms with Crippen LogP contribution in [-0.4, -0.2) is 41.9 Å². The van der Waals surface area contributed by atoms with E-state index in [-0.39, 0.29) is 35.4 Å². The molecule has 0 aliphatic rings. The van der Waals surface area contributed by atoms with Gasteiger partial charge in [0.05, 0.1) is 12.2 Å². The Bertz CT molecular complexity index is 759. The maximum absolute atomic E-state index is 11.9. The molecule has 0 amide bonds. The van der Waals surface area contributed by atoms with Crippen LogP contribution < -0.4 is 10.1 Å². The van der Waals surface area contributed by atoms with E-state index in [4.69, 9.17) is 4.74 Å². The Morgan fingerprint density at radius 2 is 1.78 bits per heavy atom. The van der Waals surface area contributed by atoms with Gasteiger partial charge in [-0.15, -0.1) is 0 Å². The molecule has 7 nitrogen and oxygen atoms in total. The van der Waals surface area contributed by atoms with Gasteiger partial charge in [0.15, 0.2) is 11.5 Å². The fraction of sp³-hybridized carbons (Fsp3) is 0.632. The normalized spacial score (nSPS) is 14.0. The highest BCUT2D eigenvalue weighted by Gasteiger charge is 2.23. The van der Waals surface area contributed by atoms with Gasteiger partial charge in [0.25, 0.3) is 10.1 Å². The van der Waals surface area contributed by atoms with Crippen LogP contribution in [0, 0.1) is 5.41 Å². The Kier molecular flexibility index (Phi) is 7.44. The van der Waals surface area contributed by atoms with E-state index in [1.807, 2.05) is 41.5 Å². The summed E-state index contributed by atoms with van der Waals surface area (Å²) < 4.78 is 37.2. The van der Waals surface area contributed by atoms with Gasteiger partial charge in [0.2, 0.25) is 0 Å². The molecule has 3 N–H and O–H groups in total. The molecule has 1 aromatic rings. The van der Waals surface area contributed by atoms with Gasteiger partial charge in [0, 0.05) is 18.0 Å². The molecule has 0 fully saturated rings. The number of benzene rings is 1. The first-order chi connectivity index (χ1) is 12.1. The molecule has 0 saturated carbocycles. The molecule has 0 spiro atoms. The summed E-state index contributed by atoms with van der Waals surface area (Å²) in [5.41, 5.74) is 0.0193. The lowest BCUT2D eigenvalue weighted by Crippen LogP contribution is -2.39. The monoisotopic (exact) mass is 401 g/mol. The maximum atomic E-state index is 11.9. The quantitative estimate of drug-likeness (QED) is 0.365. The van der Waals surface area contributed by atoms with Crippen LogP contribution >= 0.6 is 0 Å². The van der Waals surface area contributed by atoms with Gasteiger partial charge >= 0.3 is 5.97 Å². The lowest BCUT2D eigenvalue weighted by Gasteiger charge is -2.25. The SMILES string of the molecule is CC(C)(C)CC(=O)Oc1ccc(C(CNC(C)(C)C)CS(=O)(=O)O)cc1O. The molecule has 0 aliphatic carbocycles. The molecule has 1 atom stereocenters. The summed E-state index contributed by atoms with van der Waals surface area (Å²) in [6.45, 7) is 11.8. The molecule has 0 aromatic heterocycles. The Labute approximate surface area is 161 Å². The highest BCUT2D eigenvalue weighted by atomic mass is 32.2. The third-order valence-corrected chi connectivity index (χ3v) is 4.47. The van der Waals surface area contributed by atoms with Gasteiger partial charge < -0.3 is 15.2 Å². The molecular weight excluding hydrogens is 370 g/mol. The van der Waals surface area contributed by atoms with Gasteiger partial charge in [-0.2, -0.15) is 8.42 Å². The third-order valence-electron chi connectivity index (χ3n) is 3.64. The lowest BCUT2D eigenvalue weighted by atomic mass is 9.92. The smallest absolute Gasteiger partial charge is 0.311 e. The average Bonchev–Trinajstić information content (AvgIpc) is 2.41. The van der Waals surface area contributed by atoms with Crippen molar-refractivity contribution in [3.05, 3.63) is 23.8 Å². The molecule has 154 valence electrons. The second-order valence-corrected chi connectivity index (χ2v) is 10.5. The summed E-state index contributed by atoms with van der Waals surface area (Å²) >= 11 is 0. The second-order valence-electron chi connectivity index (χ2n) is 9.02. The number of nitrogens with one attached hydrogen (secondary N) is 1. The maximum Gasteiger partial charge on any atom is 0.311 e. The van der Waals surface area contributed by atoms with Crippen molar-refractivity contribution < 1.29 is 27.6 Å². The van der Waals surface area contributed by atoms with Crippen LogP contribution in [0.4, 0.5) is 0 Å². The minimum Gasteiger partial charge on any atom is -0.504 e. The minimum atomic E-state index is -4.21. The lowest BCUT2D eigenvalue weighted by molar-refractivity contribution is -0.136. The molecule has 8 heteroatoms. The zero-order valence-electron chi connectivity index (χ0n) is 16.9. The van der Waals surface area contributed by atoms with Crippen molar-refractivity contribution in [3.63, 3.8) is 0 Å². The topological polar surface area (TPSA) is 113 Å². The molecule has 0 aliphatic heterocycles. The Morgan fingerprint density at radius 3 is 2.22 bits per heavy atom. The predicted octanol–water partition coefficient (Wildman–Crippen LogP) is 3.09. The van der Waals surface area contributed by atoms with E-state index in [0.717, 1.165) is 0 Å². The number of ether oxygens (including phenoxy) is 1. The van der Waals surface area contributed by atoms with Crippen LogP contribution in [-0.2, 0) is 14.9 Å². The van der Waals surface area contributed by atoms with Crippen molar-refractivity contribution >= 4 is 16.1 Å². The number of aromatic hydroxyl groups is 1. The van der Waals surface area contributed by atoms with E-state index in [2.05, 4.69) is 5.32 Å². The summed E-state index contributed by atoms with van der Waals surface area (Å²) in [6, 6.07) is 4.37. The summed E-state index contributed by atoms with van der Waals surface area (Å²) in [7, 11) is -4.21. The molecule has 0 radical (unpaired) electrons. The van der Waals surface area contributed by atoms with E-state index in [9.17, 15) is 22.9 Å². The first-order valence-electron chi connectivity index (χ1n) is 8.79. The van der Waals surface area contributed by atoms with Crippen LogP contribution in [0.15, 0.2) is 18.2 Å². The zero-order chi connectivity index (χ0) is 21.0. The van der Waals surface area contributed by atoms with Crippen molar-refractivity contribution in [2.24, 2.45) is 5.41 Å². The Balaban J connectivity index is 3.01. The fourth-order valence-electron chi connectivity index (χ4n) is 2.42. The van der Waals surface area contributed by atoms with Crippen LogP contribution in [0.2, 0.25) is 0 Å². The average molecular weight is 402 g/mol. The van der Waals surface area contributed by atoms with Crippen molar-refractivity contribution in [1.82, 2.24) is 5.32 Å². The van der Waals surface area contributed by atoms with Crippen LogP contribution in [0.5, 0.6) is 11.5 Å². The van der Waals surface area contributed by atoms with E-state index in [0.29, 0.717) is 5.56 Å². The Morgan fingerprint density at radius 1 is 1.19 bits per heavy atom. The Hall–Kier alpha value is -1.64. The summed E-state index contributed by atoms with van der Waals surface area (Å²) in [6.07, 6.45) is 0.190. The molecule has 0 bridgehead atoms. The van der Waals surface area contributed by atoms with Crippen LogP contribution in [0.25, 0.3) is 0 Å². The summed E-state index contributed by atoms with van der Waals surface area (Å²) in [4.78, 5) is 11.9. The number of phenolic OH excluding ortho intramolecular Hbond substituents is 1. The number of carbonyl (C=O) groups is 1. The summed E-state index contributed by atoms with van der Waals surface area (Å²) in [5.74, 6) is -1.77. The highest BCUT2D eigenvalue weighted by molar-refractivity contribution is 7.85. The number of phenols is 1. The van der Waals surface area contributed by atoms with E-state index < -0.39 is 27.8 Å². The first-order valence-corrected chi connectivity index (χ1v) is 10.4. The van der Waals surface area contributed by atoms with Gasteiger partial charge in [-0.3, -0.25) is 9.35 Å². The van der Waals surface area contributed by atoms with E-state index in [1.165, 1.54) is 12.1 Å². The molecule has 1 rings (SSSR count). The first kappa shape index (κ1) is 23.4. The number of esters is 1. The predicted molar refractivity (Wildman–Crippen MR) is 105 cm³/mol. The number of carbonyl (C=O) groups excluding carboxylic acids is 1. The molecule has 0 heterocycles. The van der Waals surface area contributed by atoms with Crippen molar-refractivity contribution in [2.75, 3.05) is 12.3 Å². The van der Waals surface area contributed by atoms with Gasteiger partial charge in [0.1, 0.15) is 0 Å². The van der Waals surface area contributed by atoms with Crippen molar-refractivity contribution in [1.29, 1.82) is 0 Å². The summed E-state index contributed by atoms with van der Waals surface area (Å²) in [5, 5.41) is 13.4. The van der Waals surface area contributed by atoms with Crippen molar-refractivity contribution in [2.45, 2.75) is 59.4 Å². The molecule has 0 saturated heterocycles. The second kappa shape index (κ2) is 8.58. The van der Waals surface area contributed by atoms with Crippen molar-refractivity contribution in [3.8, 4) is 11.5 Å². The third kappa shape index (κ3) is 9.74. The highest BCUT2D eigenvalue weighted by Crippen LogP contribution is 2.31. The van der Waals surface area contributed by atoms with E-state index >= 15 is 0 Å². The molecule has 1 unspecified atom stereocenters.